The summed E-state index contributed by atoms with van der Waals surface area (Å²) in [5.74, 6) is -0.723. The zero-order valence-corrected chi connectivity index (χ0v) is 12.3. The predicted octanol–water partition coefficient (Wildman–Crippen LogP) is 2.95. The molecule has 23 heavy (non-hydrogen) atoms. The zero-order chi connectivity index (χ0) is 16.8. The van der Waals surface area contributed by atoms with Crippen LogP contribution in [0.4, 0.5) is 19.0 Å². The van der Waals surface area contributed by atoms with Gasteiger partial charge in [-0.3, -0.25) is 4.79 Å². The minimum atomic E-state index is -4.47. The van der Waals surface area contributed by atoms with Gasteiger partial charge in [0.05, 0.1) is 6.04 Å². The van der Waals surface area contributed by atoms with Gasteiger partial charge in [-0.2, -0.15) is 18.3 Å². The Kier molecular flexibility index (Phi) is 3.54. The number of nitrogens with two attached hydrogens (primary N) is 1. The Morgan fingerprint density at radius 1 is 1.35 bits per heavy atom. The number of alkyl halides is 3. The van der Waals surface area contributed by atoms with Crippen molar-refractivity contribution < 1.29 is 18.0 Å². The first-order valence-electron chi connectivity index (χ1n) is 7.05. The highest BCUT2D eigenvalue weighted by Crippen LogP contribution is 2.43. The largest absolute Gasteiger partial charge is 0.410 e. The quantitative estimate of drug-likeness (QED) is 0.892. The highest BCUT2D eigenvalue weighted by atomic mass is 19.4. The van der Waals surface area contributed by atoms with Crippen LogP contribution < -0.4 is 11.1 Å². The van der Waals surface area contributed by atoms with Crippen LogP contribution in [0, 0.1) is 6.92 Å². The van der Waals surface area contributed by atoms with Gasteiger partial charge >= 0.3 is 6.18 Å². The van der Waals surface area contributed by atoms with E-state index in [-0.39, 0.29) is 17.9 Å². The van der Waals surface area contributed by atoms with Crippen molar-refractivity contribution in [2.24, 2.45) is 5.73 Å². The Hall–Kier alpha value is -2.51. The molecule has 0 saturated heterocycles. The van der Waals surface area contributed by atoms with Crippen molar-refractivity contribution in [2.75, 3.05) is 5.32 Å². The summed E-state index contributed by atoms with van der Waals surface area (Å²) < 4.78 is 40.9. The molecule has 1 aromatic heterocycles. The van der Waals surface area contributed by atoms with Gasteiger partial charge in [-0.15, -0.1) is 0 Å². The van der Waals surface area contributed by atoms with E-state index in [1.807, 2.05) is 19.1 Å². The number of halogens is 3. The summed E-state index contributed by atoms with van der Waals surface area (Å²) in [6.07, 6.45) is -4.68. The molecule has 3 rings (SSSR count). The van der Waals surface area contributed by atoms with Gasteiger partial charge in [-0.25, -0.2) is 4.68 Å². The molecule has 8 heteroatoms. The van der Waals surface area contributed by atoms with E-state index in [2.05, 4.69) is 10.4 Å². The minimum absolute atomic E-state index is 0.137. The topological polar surface area (TPSA) is 72.9 Å². The maximum absolute atomic E-state index is 13.4. The summed E-state index contributed by atoms with van der Waals surface area (Å²) in [5, 5.41) is 6.70. The lowest BCUT2D eigenvalue weighted by Crippen LogP contribution is -2.35. The lowest BCUT2D eigenvalue weighted by atomic mass is 9.96. The number of nitrogens with one attached hydrogen (secondary N) is 1. The van der Waals surface area contributed by atoms with Crippen LogP contribution in [-0.4, -0.2) is 21.9 Å². The number of carbonyl (C=O) groups is 1. The molecule has 1 aliphatic rings. The number of benzene rings is 1. The summed E-state index contributed by atoms with van der Waals surface area (Å²) in [6.45, 7) is 1.91. The minimum Gasteiger partial charge on any atom is -0.364 e. The highest BCUT2D eigenvalue weighted by molar-refractivity contribution is 5.91. The number of carbonyl (C=O) groups excluding carboxylic acids is 1. The molecule has 0 aliphatic carbocycles. The molecular formula is C15H15F3N4O. The van der Waals surface area contributed by atoms with Gasteiger partial charge in [0, 0.05) is 12.5 Å². The second kappa shape index (κ2) is 5.29. The van der Waals surface area contributed by atoms with E-state index in [4.69, 9.17) is 5.73 Å². The van der Waals surface area contributed by atoms with E-state index < -0.39 is 24.2 Å². The molecule has 1 amide bonds. The number of hydrogen-bond acceptors (Lipinski definition) is 3. The van der Waals surface area contributed by atoms with Gasteiger partial charge in [0.25, 0.3) is 5.91 Å². The number of amides is 1. The number of anilines is 1. The van der Waals surface area contributed by atoms with Crippen molar-refractivity contribution in [3.05, 3.63) is 47.2 Å². The van der Waals surface area contributed by atoms with Crippen LogP contribution in [0.25, 0.3) is 0 Å². The molecule has 0 fully saturated rings. The molecule has 2 aromatic rings. The normalized spacial score (nSPS) is 20.7. The fraction of sp³-hybridized carbons (Fsp3) is 0.333. The molecule has 2 heterocycles. The van der Waals surface area contributed by atoms with E-state index in [0.29, 0.717) is 0 Å². The Bertz CT molecular complexity index is 736. The Labute approximate surface area is 130 Å². The number of nitrogens with zero attached hydrogens (tertiary/aromatic N) is 2. The van der Waals surface area contributed by atoms with Gasteiger partial charge in [0.1, 0.15) is 5.82 Å². The number of aryl methyl sites for hydroxylation is 1. The van der Waals surface area contributed by atoms with Crippen molar-refractivity contribution in [1.82, 2.24) is 9.78 Å². The second-order valence-electron chi connectivity index (χ2n) is 5.62. The van der Waals surface area contributed by atoms with E-state index in [1.54, 1.807) is 12.1 Å². The van der Waals surface area contributed by atoms with Gasteiger partial charge in [0.15, 0.2) is 11.7 Å². The summed E-state index contributed by atoms with van der Waals surface area (Å²) in [6, 6.07) is 6.20. The monoisotopic (exact) mass is 324 g/mol. The predicted molar refractivity (Wildman–Crippen MR) is 78.0 cm³/mol. The van der Waals surface area contributed by atoms with Gasteiger partial charge in [-0.1, -0.05) is 29.8 Å². The molecule has 0 saturated carbocycles. The van der Waals surface area contributed by atoms with Crippen molar-refractivity contribution in [3.8, 4) is 0 Å². The Morgan fingerprint density at radius 3 is 2.57 bits per heavy atom. The lowest BCUT2D eigenvalue weighted by Gasteiger charge is -2.33. The summed E-state index contributed by atoms with van der Waals surface area (Å²) in [7, 11) is 0. The van der Waals surface area contributed by atoms with Crippen LogP contribution in [0.1, 0.15) is 40.1 Å². The average Bonchev–Trinajstić information content (AvgIpc) is 2.90. The van der Waals surface area contributed by atoms with Crippen LogP contribution in [-0.2, 0) is 0 Å². The van der Waals surface area contributed by atoms with Crippen LogP contribution in [0.2, 0.25) is 0 Å². The summed E-state index contributed by atoms with van der Waals surface area (Å²) >= 11 is 0. The number of primary amides is 1. The van der Waals surface area contributed by atoms with Crippen LogP contribution in [0.5, 0.6) is 0 Å². The zero-order valence-electron chi connectivity index (χ0n) is 12.3. The first-order chi connectivity index (χ1) is 10.8. The summed E-state index contributed by atoms with van der Waals surface area (Å²) in [5.41, 5.74) is 6.70. The third-order valence-electron chi connectivity index (χ3n) is 3.92. The second-order valence-corrected chi connectivity index (χ2v) is 5.62. The molecule has 1 aromatic carbocycles. The van der Waals surface area contributed by atoms with Crippen molar-refractivity contribution >= 4 is 11.7 Å². The average molecular weight is 324 g/mol. The third kappa shape index (κ3) is 2.88. The first-order valence-corrected chi connectivity index (χ1v) is 7.05. The molecule has 0 radical (unpaired) electrons. The van der Waals surface area contributed by atoms with Crippen LogP contribution in [0.15, 0.2) is 30.3 Å². The van der Waals surface area contributed by atoms with Crippen LogP contribution >= 0.6 is 0 Å². The van der Waals surface area contributed by atoms with Crippen molar-refractivity contribution in [1.29, 1.82) is 0 Å². The van der Waals surface area contributed by atoms with Crippen molar-refractivity contribution in [3.63, 3.8) is 0 Å². The molecule has 3 N–H and O–H groups in total. The maximum Gasteiger partial charge on any atom is 0.410 e. The standard InChI is InChI=1S/C15H15F3N4O/c1-8-2-4-9(5-3-8)10-6-12(15(16,17)18)22-13(20-10)7-11(21-22)14(19)23/h2-5,7,10,12,20H,6H2,1H3,(H2,19,23)/t10-,12+/m1/s1. The molecule has 122 valence electrons. The number of fused-ring (bicyclic) bond motifs is 1. The van der Waals surface area contributed by atoms with E-state index in [9.17, 15) is 18.0 Å². The Balaban J connectivity index is 2.01. The van der Waals surface area contributed by atoms with E-state index in [1.165, 1.54) is 6.07 Å². The molecule has 2 atom stereocenters. The molecule has 0 unspecified atom stereocenters. The molecule has 0 spiro atoms. The van der Waals surface area contributed by atoms with Crippen molar-refractivity contribution in [2.45, 2.75) is 31.6 Å². The fourth-order valence-electron chi connectivity index (χ4n) is 2.71. The summed E-state index contributed by atoms with van der Waals surface area (Å²) in [4.78, 5) is 11.2. The van der Waals surface area contributed by atoms with E-state index >= 15 is 0 Å². The number of aromatic nitrogens is 2. The van der Waals surface area contributed by atoms with Crippen LogP contribution in [0.3, 0.4) is 0 Å². The number of hydrogen-bond donors (Lipinski definition) is 2. The lowest BCUT2D eigenvalue weighted by molar-refractivity contribution is -0.173. The fourth-order valence-corrected chi connectivity index (χ4v) is 2.71. The first kappa shape index (κ1) is 15.4. The van der Waals surface area contributed by atoms with Gasteiger partial charge in [-0.05, 0) is 12.5 Å². The molecule has 1 aliphatic heterocycles. The molecule has 5 nitrogen and oxygen atoms in total. The Morgan fingerprint density at radius 2 is 2.00 bits per heavy atom. The SMILES string of the molecule is Cc1ccc([C@H]2C[C@@H](C(F)(F)F)n3nc(C(N)=O)cc3N2)cc1. The van der Waals surface area contributed by atoms with Gasteiger partial charge in [0.2, 0.25) is 0 Å². The van der Waals surface area contributed by atoms with E-state index in [0.717, 1.165) is 15.8 Å². The third-order valence-corrected chi connectivity index (χ3v) is 3.92. The van der Waals surface area contributed by atoms with Gasteiger partial charge < -0.3 is 11.1 Å². The maximum atomic E-state index is 13.4. The molecular weight excluding hydrogens is 309 g/mol. The molecule has 0 bridgehead atoms. The number of rotatable bonds is 2. The smallest absolute Gasteiger partial charge is 0.364 e. The highest BCUT2D eigenvalue weighted by Gasteiger charge is 2.46.